The molecule has 0 aliphatic rings. The fourth-order valence-corrected chi connectivity index (χ4v) is 51.7. The molecule has 0 spiro atoms. The second kappa shape index (κ2) is 23.5. The summed E-state index contributed by atoms with van der Waals surface area (Å²) in [4.78, 5) is 0. The van der Waals surface area contributed by atoms with Crippen molar-refractivity contribution in [3.8, 4) is 0 Å². The number of unbranched alkanes of at least 4 members (excludes halogenated alkanes) is 9. The SMILES string of the molecule is CCCCCCC(O)/[C](=[C](\C(F)(F)F)[Sn]([CH2]CCC)([CH2]CCC)[CH2]CCC)[Sn]([CH2]CCC)([CH2]CCC)[CH2]CCC. The minimum atomic E-state index is -4.29. The molecule has 1 nitrogen and oxygen atoms in total. The van der Waals surface area contributed by atoms with Crippen molar-refractivity contribution in [2.75, 3.05) is 0 Å². The molecular weight excluding hydrogens is 719 g/mol. The predicted molar refractivity (Wildman–Crippen MR) is 178 cm³/mol. The Kier molecular flexibility index (Phi) is 24.1. The molecule has 0 heterocycles. The molecule has 40 heavy (non-hydrogen) atoms. The summed E-state index contributed by atoms with van der Waals surface area (Å²) in [6.45, 7) is 15.2. The van der Waals surface area contributed by atoms with E-state index >= 15 is 13.2 Å². The van der Waals surface area contributed by atoms with Crippen LogP contribution in [-0.4, -0.2) is 54.1 Å². The maximum absolute atomic E-state index is 16.0. The number of aliphatic hydroxyl groups excluding tert-OH is 1. The van der Waals surface area contributed by atoms with Gasteiger partial charge in [0, 0.05) is 0 Å². The Morgan fingerprint density at radius 1 is 0.500 bits per heavy atom. The Morgan fingerprint density at radius 3 is 1.12 bits per heavy atom. The summed E-state index contributed by atoms with van der Waals surface area (Å²) < 4.78 is 54.1. The normalized spacial score (nSPS) is 14.5. The van der Waals surface area contributed by atoms with Gasteiger partial charge in [-0.3, -0.25) is 0 Å². The zero-order valence-corrected chi connectivity index (χ0v) is 33.6. The summed E-state index contributed by atoms with van der Waals surface area (Å²) in [6, 6.07) is 0. The molecule has 6 heteroatoms. The molecule has 0 aromatic heterocycles. The van der Waals surface area contributed by atoms with Gasteiger partial charge in [0.1, 0.15) is 0 Å². The van der Waals surface area contributed by atoms with Crippen LogP contribution in [0, 0.1) is 0 Å². The van der Waals surface area contributed by atoms with Gasteiger partial charge in [-0.05, 0) is 0 Å². The van der Waals surface area contributed by atoms with Crippen molar-refractivity contribution in [1.82, 2.24) is 0 Å². The van der Waals surface area contributed by atoms with Crippen LogP contribution in [0.5, 0.6) is 0 Å². The van der Waals surface area contributed by atoms with E-state index in [1.807, 2.05) is 0 Å². The van der Waals surface area contributed by atoms with Crippen molar-refractivity contribution in [1.29, 1.82) is 0 Å². The fraction of sp³-hybridized carbons (Fsp3) is 0.941. The number of halogens is 3. The van der Waals surface area contributed by atoms with Gasteiger partial charge in [0.05, 0.1) is 0 Å². The molecule has 0 aliphatic heterocycles. The van der Waals surface area contributed by atoms with E-state index in [9.17, 15) is 5.11 Å². The average molecular weight is 788 g/mol. The quantitative estimate of drug-likeness (QED) is 0.0684. The van der Waals surface area contributed by atoms with Crippen LogP contribution in [-0.2, 0) is 0 Å². The zero-order valence-electron chi connectivity index (χ0n) is 27.9. The third-order valence-electron chi connectivity index (χ3n) is 9.37. The number of alkyl halides is 3. The first-order chi connectivity index (χ1) is 19.1. The first-order valence-corrected chi connectivity index (χ1v) is 32.6. The number of aliphatic hydroxyl groups is 1. The number of hydrogen-bond donors (Lipinski definition) is 1. The summed E-state index contributed by atoms with van der Waals surface area (Å²) in [5.41, 5.74) is 0. The Morgan fingerprint density at radius 2 is 0.825 bits per heavy atom. The van der Waals surface area contributed by atoms with Gasteiger partial charge in [-0.15, -0.1) is 0 Å². The Labute approximate surface area is 257 Å². The van der Waals surface area contributed by atoms with Crippen LogP contribution in [0.1, 0.15) is 158 Å². The summed E-state index contributed by atoms with van der Waals surface area (Å²) >= 11 is -7.52. The first-order valence-electron chi connectivity index (χ1n) is 17.6. The van der Waals surface area contributed by atoms with E-state index in [0.717, 1.165) is 133 Å². The van der Waals surface area contributed by atoms with Gasteiger partial charge in [0.15, 0.2) is 0 Å². The molecule has 0 saturated heterocycles. The van der Waals surface area contributed by atoms with Crippen molar-refractivity contribution in [3.63, 3.8) is 0 Å². The van der Waals surface area contributed by atoms with Gasteiger partial charge in [0.25, 0.3) is 0 Å². The summed E-state index contributed by atoms with van der Waals surface area (Å²) in [7, 11) is 0. The van der Waals surface area contributed by atoms with E-state index in [-0.39, 0.29) is 3.59 Å². The summed E-state index contributed by atoms with van der Waals surface area (Å²) in [5, 5.41) is 12.1. The molecule has 0 aromatic rings. The first kappa shape index (κ1) is 41.1. The van der Waals surface area contributed by atoms with Gasteiger partial charge in [-0.25, -0.2) is 0 Å². The molecule has 0 fully saturated rings. The van der Waals surface area contributed by atoms with Crippen LogP contribution in [0.25, 0.3) is 0 Å². The standard InChI is InChI=1S/C10H15F3O.6C4H9.2Sn/c1-2-3-4-5-6-9(14)7-8-10(11,12)13;6*1-3-4-2;;/h9,14H,2-6H2,1H3;6*1,3-4H2,2H3;;. The van der Waals surface area contributed by atoms with Crippen molar-refractivity contribution in [2.45, 2.75) is 197 Å². The molecule has 0 bridgehead atoms. The molecule has 240 valence electrons. The molecule has 0 amide bonds. The number of rotatable bonds is 26. The molecular formula is C34H69F3OSn2. The molecule has 0 rings (SSSR count). The van der Waals surface area contributed by atoms with E-state index in [0.29, 0.717) is 6.42 Å². The van der Waals surface area contributed by atoms with Crippen LogP contribution >= 0.6 is 0 Å². The maximum atomic E-state index is 16.0. The van der Waals surface area contributed by atoms with E-state index in [1.165, 1.54) is 0 Å². The van der Waals surface area contributed by atoms with Crippen LogP contribution in [0.2, 0.25) is 26.6 Å². The van der Waals surface area contributed by atoms with Crippen LogP contribution < -0.4 is 0 Å². The van der Waals surface area contributed by atoms with Crippen LogP contribution in [0.15, 0.2) is 7.18 Å². The van der Waals surface area contributed by atoms with E-state index in [2.05, 4.69) is 48.5 Å². The second-order valence-electron chi connectivity index (χ2n) is 12.8. The van der Waals surface area contributed by atoms with Crippen LogP contribution in [0.4, 0.5) is 13.2 Å². The third kappa shape index (κ3) is 14.2. The predicted octanol–water partition coefficient (Wildman–Crippen LogP) is 13.0. The third-order valence-corrected chi connectivity index (χ3v) is 43.4. The molecule has 0 aromatic carbocycles. The van der Waals surface area contributed by atoms with Gasteiger partial charge >= 0.3 is 259 Å². The van der Waals surface area contributed by atoms with Crippen LogP contribution in [0.3, 0.4) is 0 Å². The fourth-order valence-electron chi connectivity index (χ4n) is 7.05. The average Bonchev–Trinajstić information content (AvgIpc) is 2.93. The molecule has 0 aliphatic carbocycles. The van der Waals surface area contributed by atoms with Crippen molar-refractivity contribution in [3.05, 3.63) is 7.18 Å². The minimum absolute atomic E-state index is 0.0271. The van der Waals surface area contributed by atoms with E-state index in [1.54, 1.807) is 0 Å². The molecule has 0 saturated carbocycles. The molecule has 1 N–H and O–H groups in total. The van der Waals surface area contributed by atoms with Gasteiger partial charge in [-0.2, -0.15) is 0 Å². The summed E-state index contributed by atoms with van der Waals surface area (Å²) in [5.74, 6) is 0. The number of hydrogen-bond acceptors (Lipinski definition) is 1. The molecule has 1 atom stereocenters. The van der Waals surface area contributed by atoms with E-state index < -0.39 is 49.0 Å². The Bertz CT molecular complexity index is 604. The van der Waals surface area contributed by atoms with Crippen molar-refractivity contribution >= 4 is 36.8 Å². The summed E-state index contributed by atoms with van der Waals surface area (Å²) in [6.07, 6.45) is 11.3. The second-order valence-corrected chi connectivity index (χ2v) is 39.0. The van der Waals surface area contributed by atoms with Gasteiger partial charge in [0.2, 0.25) is 0 Å². The Hall–Kier alpha value is 1.09. The monoisotopic (exact) mass is 790 g/mol. The molecule has 0 radical (unpaired) electrons. The Balaban J connectivity index is 7.77. The van der Waals surface area contributed by atoms with Gasteiger partial charge < -0.3 is 0 Å². The van der Waals surface area contributed by atoms with Crippen molar-refractivity contribution < 1.29 is 18.3 Å². The zero-order chi connectivity index (χ0) is 30.5. The van der Waals surface area contributed by atoms with Crippen molar-refractivity contribution in [2.24, 2.45) is 0 Å². The molecule has 1 unspecified atom stereocenters. The number of allylic oxidation sites excluding steroid dienone is 1. The topological polar surface area (TPSA) is 20.2 Å². The van der Waals surface area contributed by atoms with Gasteiger partial charge in [-0.1, -0.05) is 0 Å². The van der Waals surface area contributed by atoms with E-state index in [4.69, 9.17) is 0 Å².